The van der Waals surface area contributed by atoms with Crippen molar-refractivity contribution in [2.24, 2.45) is 0 Å². The third-order valence-electron chi connectivity index (χ3n) is 5.10. The normalized spacial score (nSPS) is 15.1. The van der Waals surface area contributed by atoms with Crippen LogP contribution in [0, 0.1) is 18.3 Å². The van der Waals surface area contributed by atoms with Crippen LogP contribution in [0.2, 0.25) is 5.02 Å². The van der Waals surface area contributed by atoms with E-state index in [9.17, 15) is 4.79 Å². The van der Waals surface area contributed by atoms with Crippen LogP contribution in [0.5, 0.6) is 0 Å². The highest BCUT2D eigenvalue weighted by Gasteiger charge is 2.28. The molecule has 0 aliphatic carbocycles. The molecule has 0 saturated carbocycles. The minimum atomic E-state index is -0.161. The van der Waals surface area contributed by atoms with Crippen LogP contribution in [-0.2, 0) is 0 Å². The van der Waals surface area contributed by atoms with Gasteiger partial charge in [0.05, 0.1) is 5.56 Å². The number of pyridine rings is 1. The second kappa shape index (κ2) is 7.01. The Labute approximate surface area is 162 Å². The number of piperidine rings is 1. The number of carbonyl (C=O) groups excluding carboxylic acids is 1. The van der Waals surface area contributed by atoms with Crippen molar-refractivity contribution < 1.29 is 4.79 Å². The van der Waals surface area contributed by atoms with Crippen molar-refractivity contribution in [1.29, 1.82) is 5.26 Å². The molecule has 1 saturated heterocycles. The van der Waals surface area contributed by atoms with E-state index in [1.807, 2.05) is 12.1 Å². The molecule has 3 aromatic rings. The average Bonchev–Trinajstić information content (AvgIpc) is 3.12. The third kappa shape index (κ3) is 3.26. The molecule has 1 aliphatic rings. The van der Waals surface area contributed by atoms with Crippen LogP contribution in [0.4, 0.5) is 0 Å². The number of aromatic nitrogens is 3. The van der Waals surface area contributed by atoms with Crippen molar-refractivity contribution in [3.8, 4) is 6.07 Å². The van der Waals surface area contributed by atoms with E-state index >= 15 is 0 Å². The van der Waals surface area contributed by atoms with E-state index in [4.69, 9.17) is 16.9 Å². The van der Waals surface area contributed by atoms with E-state index in [1.54, 1.807) is 27.6 Å². The Morgan fingerprint density at radius 2 is 2.00 bits per heavy atom. The highest BCUT2D eigenvalue weighted by Crippen LogP contribution is 2.33. The van der Waals surface area contributed by atoms with Gasteiger partial charge in [0, 0.05) is 24.3 Å². The molecule has 136 valence electrons. The van der Waals surface area contributed by atoms with Gasteiger partial charge in [-0.25, -0.2) is 0 Å². The Hall–Kier alpha value is -2.91. The highest BCUT2D eigenvalue weighted by molar-refractivity contribution is 6.31. The summed E-state index contributed by atoms with van der Waals surface area (Å²) in [6.45, 7) is 3.34. The SMILES string of the molecule is Cc1ccc(Cl)c(C2CCN(C(=O)c3nnc4ccc(C#N)cn34)CC2)c1. The van der Waals surface area contributed by atoms with Crippen molar-refractivity contribution in [2.75, 3.05) is 13.1 Å². The van der Waals surface area contributed by atoms with Crippen LogP contribution >= 0.6 is 11.6 Å². The van der Waals surface area contributed by atoms with Gasteiger partial charge in [0.2, 0.25) is 5.82 Å². The molecule has 1 fully saturated rings. The molecule has 3 heterocycles. The first-order chi connectivity index (χ1) is 13.1. The van der Waals surface area contributed by atoms with Gasteiger partial charge < -0.3 is 4.90 Å². The molecule has 27 heavy (non-hydrogen) atoms. The molecular weight excluding hydrogens is 362 g/mol. The second-order valence-electron chi connectivity index (χ2n) is 6.87. The topological polar surface area (TPSA) is 74.3 Å². The Balaban J connectivity index is 1.52. The van der Waals surface area contributed by atoms with Gasteiger partial charge in [-0.05, 0) is 49.4 Å². The van der Waals surface area contributed by atoms with Gasteiger partial charge in [-0.3, -0.25) is 9.20 Å². The summed E-state index contributed by atoms with van der Waals surface area (Å²) < 4.78 is 1.59. The van der Waals surface area contributed by atoms with E-state index < -0.39 is 0 Å². The molecule has 1 aliphatic heterocycles. The van der Waals surface area contributed by atoms with E-state index in [0.29, 0.717) is 30.2 Å². The predicted octanol–water partition coefficient (Wildman–Crippen LogP) is 3.58. The average molecular weight is 380 g/mol. The zero-order valence-corrected chi connectivity index (χ0v) is 15.6. The summed E-state index contributed by atoms with van der Waals surface area (Å²) in [5.74, 6) is 0.433. The first-order valence-electron chi connectivity index (χ1n) is 8.87. The lowest BCUT2D eigenvalue weighted by atomic mass is 9.88. The van der Waals surface area contributed by atoms with Gasteiger partial charge in [0.15, 0.2) is 5.65 Å². The lowest BCUT2D eigenvalue weighted by molar-refractivity contribution is 0.0699. The Morgan fingerprint density at radius 1 is 1.22 bits per heavy atom. The minimum absolute atomic E-state index is 0.161. The molecule has 6 nitrogen and oxygen atoms in total. The molecular formula is C20H18ClN5O. The molecule has 4 rings (SSSR count). The number of hydrogen-bond donors (Lipinski definition) is 0. The highest BCUT2D eigenvalue weighted by atomic mass is 35.5. The van der Waals surface area contributed by atoms with Gasteiger partial charge >= 0.3 is 0 Å². The quantitative estimate of drug-likeness (QED) is 0.682. The molecule has 7 heteroatoms. The van der Waals surface area contributed by atoms with Crippen LogP contribution in [0.3, 0.4) is 0 Å². The third-order valence-corrected chi connectivity index (χ3v) is 5.44. The first kappa shape index (κ1) is 17.5. The molecule has 0 spiro atoms. The monoisotopic (exact) mass is 379 g/mol. The summed E-state index contributed by atoms with van der Waals surface area (Å²) in [7, 11) is 0. The Kier molecular flexibility index (Phi) is 4.54. The van der Waals surface area contributed by atoms with Crippen molar-refractivity contribution in [1.82, 2.24) is 19.5 Å². The first-order valence-corrected chi connectivity index (χ1v) is 9.25. The number of fused-ring (bicyclic) bond motifs is 1. The van der Waals surface area contributed by atoms with E-state index in [2.05, 4.69) is 29.3 Å². The van der Waals surface area contributed by atoms with E-state index in [0.717, 1.165) is 23.4 Å². The number of hydrogen-bond acceptors (Lipinski definition) is 4. The number of carbonyl (C=O) groups is 1. The lowest BCUT2D eigenvalue weighted by Crippen LogP contribution is -2.38. The van der Waals surface area contributed by atoms with Crippen molar-refractivity contribution >= 4 is 23.2 Å². The number of halogens is 1. The van der Waals surface area contributed by atoms with Gasteiger partial charge in [-0.1, -0.05) is 29.3 Å². The number of benzene rings is 1. The summed E-state index contributed by atoms with van der Waals surface area (Å²) in [6, 6.07) is 11.5. The van der Waals surface area contributed by atoms with Gasteiger partial charge in [-0.2, -0.15) is 5.26 Å². The summed E-state index contributed by atoms with van der Waals surface area (Å²) in [5, 5.41) is 17.9. The van der Waals surface area contributed by atoms with Crippen LogP contribution < -0.4 is 0 Å². The number of likely N-dealkylation sites (tertiary alicyclic amines) is 1. The minimum Gasteiger partial charge on any atom is -0.336 e. The van der Waals surface area contributed by atoms with Crippen LogP contribution in [0.15, 0.2) is 36.5 Å². The number of aryl methyl sites for hydroxylation is 1. The largest absolute Gasteiger partial charge is 0.336 e. The summed E-state index contributed by atoms with van der Waals surface area (Å²) >= 11 is 6.38. The Morgan fingerprint density at radius 3 is 2.74 bits per heavy atom. The molecule has 0 bridgehead atoms. The molecule has 0 atom stereocenters. The number of rotatable bonds is 2. The van der Waals surface area contributed by atoms with Gasteiger partial charge in [0.1, 0.15) is 6.07 Å². The summed E-state index contributed by atoms with van der Waals surface area (Å²) in [6.07, 6.45) is 3.31. The fourth-order valence-electron chi connectivity index (χ4n) is 3.61. The second-order valence-corrected chi connectivity index (χ2v) is 7.28. The fraction of sp³-hybridized carbons (Fsp3) is 0.300. The zero-order chi connectivity index (χ0) is 19.0. The zero-order valence-electron chi connectivity index (χ0n) is 14.9. The van der Waals surface area contributed by atoms with Crippen molar-refractivity contribution in [3.63, 3.8) is 0 Å². The van der Waals surface area contributed by atoms with Crippen molar-refractivity contribution in [2.45, 2.75) is 25.7 Å². The van der Waals surface area contributed by atoms with Crippen LogP contribution in [-0.4, -0.2) is 38.5 Å². The molecule has 0 N–H and O–H groups in total. The van der Waals surface area contributed by atoms with Gasteiger partial charge in [-0.15, -0.1) is 10.2 Å². The molecule has 1 amide bonds. The van der Waals surface area contributed by atoms with E-state index in [-0.39, 0.29) is 11.7 Å². The number of nitriles is 1. The molecule has 2 aromatic heterocycles. The van der Waals surface area contributed by atoms with Crippen LogP contribution in [0.25, 0.3) is 5.65 Å². The molecule has 1 aromatic carbocycles. The number of amides is 1. The lowest BCUT2D eigenvalue weighted by Gasteiger charge is -2.32. The maximum Gasteiger partial charge on any atom is 0.292 e. The molecule has 0 unspecified atom stereocenters. The summed E-state index contributed by atoms with van der Waals surface area (Å²) in [5.41, 5.74) is 3.37. The standard InChI is InChI=1S/C20H18ClN5O/c1-13-2-4-17(21)16(10-13)15-6-8-25(9-7-15)20(27)19-24-23-18-5-3-14(11-22)12-26(18)19/h2-5,10,12,15H,6-9H2,1H3. The Bertz CT molecular complexity index is 1060. The van der Waals surface area contributed by atoms with Crippen molar-refractivity contribution in [3.05, 3.63) is 64.1 Å². The fourth-order valence-corrected chi connectivity index (χ4v) is 3.89. The predicted molar refractivity (Wildman–Crippen MR) is 102 cm³/mol. The summed E-state index contributed by atoms with van der Waals surface area (Å²) in [4.78, 5) is 14.7. The molecule has 0 radical (unpaired) electrons. The smallest absolute Gasteiger partial charge is 0.292 e. The number of nitrogens with zero attached hydrogens (tertiary/aromatic N) is 5. The maximum absolute atomic E-state index is 12.9. The van der Waals surface area contributed by atoms with Crippen LogP contribution in [0.1, 0.15) is 46.1 Å². The maximum atomic E-state index is 12.9. The van der Waals surface area contributed by atoms with E-state index in [1.165, 1.54) is 5.56 Å². The van der Waals surface area contributed by atoms with Gasteiger partial charge in [0.25, 0.3) is 5.91 Å².